The summed E-state index contributed by atoms with van der Waals surface area (Å²) < 4.78 is 10.5. The van der Waals surface area contributed by atoms with Crippen LogP contribution in [0.5, 0.6) is 11.5 Å². The Labute approximate surface area is 159 Å². The van der Waals surface area contributed by atoms with E-state index in [9.17, 15) is 4.79 Å². The molecule has 0 unspecified atom stereocenters. The predicted molar refractivity (Wildman–Crippen MR) is 105 cm³/mol. The molecular weight excluding hydrogens is 344 g/mol. The molecule has 1 aliphatic heterocycles. The number of ether oxygens (including phenoxy) is 2. The van der Waals surface area contributed by atoms with Crippen LogP contribution in [0, 0.1) is 6.92 Å². The molecule has 0 bridgehead atoms. The summed E-state index contributed by atoms with van der Waals surface area (Å²) in [6.45, 7) is 3.76. The van der Waals surface area contributed by atoms with E-state index in [0.717, 1.165) is 43.0 Å². The third-order valence-corrected chi connectivity index (χ3v) is 4.69. The van der Waals surface area contributed by atoms with E-state index < -0.39 is 0 Å². The number of H-pyrrole nitrogens is 1. The Balaban J connectivity index is 1.50. The van der Waals surface area contributed by atoms with Crippen LogP contribution < -0.4 is 19.7 Å². The van der Waals surface area contributed by atoms with Gasteiger partial charge < -0.3 is 19.7 Å². The van der Waals surface area contributed by atoms with Gasteiger partial charge in [0.05, 0.1) is 14.2 Å². The third-order valence-electron chi connectivity index (χ3n) is 4.69. The van der Waals surface area contributed by atoms with Crippen molar-refractivity contribution in [1.82, 2.24) is 15.5 Å². The van der Waals surface area contributed by atoms with Crippen LogP contribution in [0.1, 0.15) is 24.1 Å². The van der Waals surface area contributed by atoms with Crippen LogP contribution >= 0.6 is 0 Å². The molecule has 144 valence electrons. The van der Waals surface area contributed by atoms with Crippen molar-refractivity contribution in [2.75, 3.05) is 32.2 Å². The molecule has 0 atom stereocenters. The average molecular weight is 370 g/mol. The number of nitrogens with one attached hydrogen (secondary N) is 2. The standard InChI is InChI=1S/C20H26N4O3/c1-14-12-19(23-22-14)24-10-8-16(9-11-24)21-20(25)7-5-15-4-6-17(26-2)18(13-15)27-3/h4-7,12-13,16H,8-11H2,1-3H3,(H,21,25)(H,22,23)/b7-5+. The number of benzene rings is 1. The van der Waals surface area contributed by atoms with Gasteiger partial charge in [0.1, 0.15) is 0 Å². The molecule has 2 aromatic rings. The lowest BCUT2D eigenvalue weighted by Crippen LogP contribution is -2.44. The molecule has 1 aromatic heterocycles. The second kappa shape index (κ2) is 8.62. The molecule has 1 saturated heterocycles. The maximum absolute atomic E-state index is 12.2. The molecule has 3 rings (SSSR count). The van der Waals surface area contributed by atoms with E-state index in [0.29, 0.717) is 11.5 Å². The van der Waals surface area contributed by atoms with Gasteiger partial charge in [-0.3, -0.25) is 9.89 Å². The van der Waals surface area contributed by atoms with E-state index in [1.54, 1.807) is 26.4 Å². The lowest BCUT2D eigenvalue weighted by molar-refractivity contribution is -0.117. The molecule has 0 spiro atoms. The van der Waals surface area contributed by atoms with Gasteiger partial charge in [-0.1, -0.05) is 6.07 Å². The monoisotopic (exact) mass is 370 g/mol. The largest absolute Gasteiger partial charge is 0.493 e. The zero-order valence-electron chi connectivity index (χ0n) is 16.0. The van der Waals surface area contributed by atoms with Crippen LogP contribution in [0.15, 0.2) is 30.3 Å². The van der Waals surface area contributed by atoms with Crippen molar-refractivity contribution in [1.29, 1.82) is 0 Å². The van der Waals surface area contributed by atoms with Crippen LogP contribution in [0.2, 0.25) is 0 Å². The number of anilines is 1. The second-order valence-electron chi connectivity index (χ2n) is 6.63. The first kappa shape index (κ1) is 18.8. The number of piperidine rings is 1. The van der Waals surface area contributed by atoms with E-state index in [1.807, 2.05) is 31.2 Å². The van der Waals surface area contributed by atoms with Gasteiger partial charge in [0.2, 0.25) is 5.91 Å². The van der Waals surface area contributed by atoms with E-state index in [1.165, 1.54) is 0 Å². The zero-order valence-corrected chi connectivity index (χ0v) is 16.0. The number of aromatic amines is 1. The fourth-order valence-corrected chi connectivity index (χ4v) is 3.20. The summed E-state index contributed by atoms with van der Waals surface area (Å²) in [5.74, 6) is 2.20. The Hall–Kier alpha value is -2.96. The van der Waals surface area contributed by atoms with Crippen LogP contribution in [0.25, 0.3) is 6.08 Å². The van der Waals surface area contributed by atoms with Gasteiger partial charge in [-0.05, 0) is 43.5 Å². The second-order valence-corrected chi connectivity index (χ2v) is 6.63. The lowest BCUT2D eigenvalue weighted by Gasteiger charge is -2.32. The van der Waals surface area contributed by atoms with Gasteiger partial charge in [0.15, 0.2) is 17.3 Å². The van der Waals surface area contributed by atoms with Crippen molar-refractivity contribution >= 4 is 17.8 Å². The Kier molecular flexibility index (Phi) is 6.01. The van der Waals surface area contributed by atoms with Crippen molar-refractivity contribution in [3.63, 3.8) is 0 Å². The Morgan fingerprint density at radius 2 is 1.96 bits per heavy atom. The Bertz CT molecular complexity index is 807. The van der Waals surface area contributed by atoms with E-state index in [-0.39, 0.29) is 11.9 Å². The van der Waals surface area contributed by atoms with Gasteiger partial charge in [0.25, 0.3) is 0 Å². The third kappa shape index (κ3) is 4.81. The van der Waals surface area contributed by atoms with Gasteiger partial charge in [-0.15, -0.1) is 0 Å². The number of hydrogen-bond donors (Lipinski definition) is 2. The molecule has 1 aliphatic rings. The van der Waals surface area contributed by atoms with Gasteiger partial charge in [-0.25, -0.2) is 0 Å². The summed E-state index contributed by atoms with van der Waals surface area (Å²) in [7, 11) is 3.19. The van der Waals surface area contributed by atoms with Gasteiger partial charge in [-0.2, -0.15) is 5.10 Å². The van der Waals surface area contributed by atoms with E-state index >= 15 is 0 Å². The minimum Gasteiger partial charge on any atom is -0.493 e. The quantitative estimate of drug-likeness (QED) is 0.764. The smallest absolute Gasteiger partial charge is 0.244 e. The molecule has 0 aliphatic carbocycles. The van der Waals surface area contributed by atoms with Crippen molar-refractivity contribution in [2.45, 2.75) is 25.8 Å². The highest BCUT2D eigenvalue weighted by Gasteiger charge is 2.21. The van der Waals surface area contributed by atoms with Gasteiger partial charge in [0, 0.05) is 37.0 Å². The maximum atomic E-state index is 12.2. The van der Waals surface area contributed by atoms with Crippen LogP contribution in [-0.2, 0) is 4.79 Å². The molecule has 7 heteroatoms. The molecule has 1 fully saturated rings. The normalized spacial score (nSPS) is 15.1. The minimum atomic E-state index is -0.0844. The van der Waals surface area contributed by atoms with E-state index in [4.69, 9.17) is 9.47 Å². The highest BCUT2D eigenvalue weighted by molar-refractivity contribution is 5.92. The highest BCUT2D eigenvalue weighted by Crippen LogP contribution is 2.28. The highest BCUT2D eigenvalue weighted by atomic mass is 16.5. The summed E-state index contributed by atoms with van der Waals surface area (Å²) in [6.07, 6.45) is 5.15. The number of amides is 1. The molecule has 1 amide bonds. The van der Waals surface area contributed by atoms with Crippen LogP contribution in [0.4, 0.5) is 5.82 Å². The van der Waals surface area contributed by atoms with E-state index in [2.05, 4.69) is 20.4 Å². The lowest BCUT2D eigenvalue weighted by atomic mass is 10.0. The summed E-state index contributed by atoms with van der Waals surface area (Å²) in [5.41, 5.74) is 1.94. The number of carbonyl (C=O) groups excluding carboxylic acids is 1. The van der Waals surface area contributed by atoms with Gasteiger partial charge >= 0.3 is 0 Å². The Morgan fingerprint density at radius 3 is 2.59 bits per heavy atom. The van der Waals surface area contributed by atoms with Crippen molar-refractivity contribution in [2.24, 2.45) is 0 Å². The number of aryl methyl sites for hydroxylation is 1. The number of carbonyl (C=O) groups is 1. The summed E-state index contributed by atoms with van der Waals surface area (Å²) in [5, 5.41) is 10.3. The average Bonchev–Trinajstić information content (AvgIpc) is 3.13. The minimum absolute atomic E-state index is 0.0844. The zero-order chi connectivity index (χ0) is 19.2. The molecule has 1 aromatic carbocycles. The fraction of sp³-hybridized carbons (Fsp3) is 0.400. The van der Waals surface area contributed by atoms with Crippen molar-refractivity contribution < 1.29 is 14.3 Å². The molecule has 2 N–H and O–H groups in total. The number of nitrogens with zero attached hydrogens (tertiary/aromatic N) is 2. The van der Waals surface area contributed by atoms with Crippen LogP contribution in [0.3, 0.4) is 0 Å². The molecule has 27 heavy (non-hydrogen) atoms. The summed E-state index contributed by atoms with van der Waals surface area (Å²) in [4.78, 5) is 14.5. The first-order valence-corrected chi connectivity index (χ1v) is 9.06. The number of rotatable bonds is 6. The van der Waals surface area contributed by atoms with Crippen molar-refractivity contribution in [3.8, 4) is 11.5 Å². The topological polar surface area (TPSA) is 79.5 Å². The summed E-state index contributed by atoms with van der Waals surface area (Å²) >= 11 is 0. The molecule has 0 radical (unpaired) electrons. The fourth-order valence-electron chi connectivity index (χ4n) is 3.20. The maximum Gasteiger partial charge on any atom is 0.244 e. The molecule has 2 heterocycles. The number of methoxy groups -OCH3 is 2. The molecular formula is C20H26N4O3. The first-order chi connectivity index (χ1) is 13.1. The SMILES string of the molecule is COc1ccc(/C=C/C(=O)NC2CCN(c3cc(C)[nH]n3)CC2)cc1OC. The Morgan fingerprint density at radius 1 is 1.22 bits per heavy atom. The first-order valence-electron chi connectivity index (χ1n) is 9.06. The van der Waals surface area contributed by atoms with Crippen molar-refractivity contribution in [3.05, 3.63) is 41.6 Å². The summed E-state index contributed by atoms with van der Waals surface area (Å²) in [6, 6.07) is 7.78. The molecule has 0 saturated carbocycles. The predicted octanol–water partition coefficient (Wildman–Crippen LogP) is 2.53. The molecule has 7 nitrogen and oxygen atoms in total. The number of hydrogen-bond acceptors (Lipinski definition) is 5. The number of aromatic nitrogens is 2. The van der Waals surface area contributed by atoms with Crippen LogP contribution in [-0.4, -0.2) is 49.5 Å².